The van der Waals surface area contributed by atoms with Crippen LogP contribution in [0.1, 0.15) is 51.0 Å². The van der Waals surface area contributed by atoms with Crippen LogP contribution in [0.3, 0.4) is 0 Å². The predicted molar refractivity (Wildman–Crippen MR) is 93.1 cm³/mol. The van der Waals surface area contributed by atoms with Crippen LogP contribution < -0.4 is 10.6 Å². The highest BCUT2D eigenvalue weighted by atomic mass is 32.2. The summed E-state index contributed by atoms with van der Waals surface area (Å²) in [6.45, 7) is 4.09. The van der Waals surface area contributed by atoms with E-state index in [9.17, 15) is 0 Å². The van der Waals surface area contributed by atoms with Crippen LogP contribution in [-0.2, 0) is 6.54 Å². The van der Waals surface area contributed by atoms with Crippen molar-refractivity contribution in [1.29, 1.82) is 0 Å². The number of hydrogen-bond donors (Lipinski definition) is 1. The van der Waals surface area contributed by atoms with Crippen molar-refractivity contribution < 1.29 is 0 Å². The van der Waals surface area contributed by atoms with Gasteiger partial charge < -0.3 is 10.6 Å². The number of nitrogens with zero attached hydrogens (tertiary/aromatic N) is 1. The molecule has 2 atom stereocenters. The lowest BCUT2D eigenvalue weighted by atomic mass is 9.78. The van der Waals surface area contributed by atoms with E-state index in [1.165, 1.54) is 61.2 Å². The van der Waals surface area contributed by atoms with E-state index in [0.717, 1.165) is 17.7 Å². The summed E-state index contributed by atoms with van der Waals surface area (Å²) in [6, 6.07) is 7.53. The molecule has 1 saturated heterocycles. The van der Waals surface area contributed by atoms with Crippen molar-refractivity contribution in [3.63, 3.8) is 0 Å². The van der Waals surface area contributed by atoms with Crippen LogP contribution in [0.5, 0.6) is 0 Å². The van der Waals surface area contributed by atoms with Gasteiger partial charge in [0, 0.05) is 35.3 Å². The fourth-order valence-electron chi connectivity index (χ4n) is 4.24. The Morgan fingerprint density at radius 2 is 2.00 bits per heavy atom. The first-order valence-electron chi connectivity index (χ1n) is 8.56. The second kappa shape index (κ2) is 7.06. The van der Waals surface area contributed by atoms with Crippen LogP contribution in [0.15, 0.2) is 23.1 Å². The molecule has 1 aliphatic carbocycles. The summed E-state index contributed by atoms with van der Waals surface area (Å²) in [5, 5.41) is 0. The molecule has 1 saturated carbocycles. The third-order valence-electron chi connectivity index (χ3n) is 5.16. The molecule has 0 aromatic heterocycles. The van der Waals surface area contributed by atoms with E-state index >= 15 is 0 Å². The van der Waals surface area contributed by atoms with Crippen LogP contribution in [0.4, 0.5) is 5.69 Å². The topological polar surface area (TPSA) is 29.3 Å². The van der Waals surface area contributed by atoms with Gasteiger partial charge in [0.1, 0.15) is 0 Å². The Hall–Kier alpha value is -0.670. The molecule has 0 amide bonds. The molecular weight excluding hydrogens is 276 g/mol. The van der Waals surface area contributed by atoms with E-state index in [-0.39, 0.29) is 0 Å². The zero-order valence-corrected chi connectivity index (χ0v) is 14.0. The van der Waals surface area contributed by atoms with Gasteiger partial charge in [0.2, 0.25) is 0 Å². The molecule has 3 rings (SSSR count). The Morgan fingerprint density at radius 3 is 2.81 bits per heavy atom. The van der Waals surface area contributed by atoms with Gasteiger partial charge in [-0.2, -0.15) is 0 Å². The molecule has 116 valence electrons. The molecule has 2 fully saturated rings. The van der Waals surface area contributed by atoms with Gasteiger partial charge in [-0.15, -0.1) is 11.8 Å². The van der Waals surface area contributed by atoms with Gasteiger partial charge in [-0.05, 0) is 49.5 Å². The van der Waals surface area contributed by atoms with Gasteiger partial charge >= 0.3 is 0 Å². The van der Waals surface area contributed by atoms with Gasteiger partial charge in [0.15, 0.2) is 0 Å². The molecule has 21 heavy (non-hydrogen) atoms. The summed E-state index contributed by atoms with van der Waals surface area (Å²) in [5.41, 5.74) is 8.91. The lowest BCUT2D eigenvalue weighted by Gasteiger charge is -2.46. The van der Waals surface area contributed by atoms with E-state index in [0.29, 0.717) is 6.54 Å². The number of thioether (sulfide) groups is 1. The maximum Gasteiger partial charge on any atom is 0.0425 e. The Balaban J connectivity index is 1.92. The van der Waals surface area contributed by atoms with E-state index in [2.05, 4.69) is 30.0 Å². The highest BCUT2D eigenvalue weighted by molar-refractivity contribution is 7.99. The normalized spacial score (nSPS) is 25.7. The summed E-state index contributed by atoms with van der Waals surface area (Å²) < 4.78 is 0. The van der Waals surface area contributed by atoms with Crippen LogP contribution in [0.25, 0.3) is 0 Å². The number of anilines is 1. The Morgan fingerprint density at radius 1 is 1.19 bits per heavy atom. The lowest BCUT2D eigenvalue weighted by molar-refractivity contribution is 0.243. The van der Waals surface area contributed by atoms with Crippen molar-refractivity contribution in [2.24, 2.45) is 11.7 Å². The molecule has 2 nitrogen and oxygen atoms in total. The Bertz CT molecular complexity index is 472. The fraction of sp³-hybridized carbons (Fsp3) is 0.667. The van der Waals surface area contributed by atoms with Crippen LogP contribution in [-0.4, -0.2) is 18.3 Å². The minimum Gasteiger partial charge on any atom is -0.368 e. The maximum absolute atomic E-state index is 6.12. The average molecular weight is 305 g/mol. The van der Waals surface area contributed by atoms with Crippen molar-refractivity contribution in [3.8, 4) is 0 Å². The number of fused-ring (bicyclic) bond motifs is 1. The zero-order chi connectivity index (χ0) is 14.7. The second-order valence-corrected chi connectivity index (χ2v) is 7.64. The average Bonchev–Trinajstić information content (AvgIpc) is 2.54. The molecule has 0 radical (unpaired) electrons. The molecule has 1 aliphatic heterocycles. The molecule has 1 aromatic carbocycles. The molecule has 2 N–H and O–H groups in total. The molecular formula is C18H28N2S. The third kappa shape index (κ3) is 3.09. The molecule has 2 aliphatic rings. The van der Waals surface area contributed by atoms with Crippen molar-refractivity contribution in [1.82, 2.24) is 0 Å². The minimum absolute atomic E-state index is 0.659. The number of nitrogens with two attached hydrogens (primary N) is 1. The van der Waals surface area contributed by atoms with Crippen molar-refractivity contribution in [3.05, 3.63) is 23.8 Å². The van der Waals surface area contributed by atoms with Gasteiger partial charge in [-0.25, -0.2) is 0 Å². The summed E-state index contributed by atoms with van der Waals surface area (Å²) >= 11 is 1.93. The molecule has 3 heteroatoms. The maximum atomic E-state index is 6.12. The Labute approximate surface area is 133 Å². The van der Waals surface area contributed by atoms with Crippen LogP contribution >= 0.6 is 11.8 Å². The molecule has 2 unspecified atom stereocenters. The van der Waals surface area contributed by atoms with Gasteiger partial charge in [-0.1, -0.05) is 25.8 Å². The summed E-state index contributed by atoms with van der Waals surface area (Å²) in [7, 11) is 0. The summed E-state index contributed by atoms with van der Waals surface area (Å²) in [4.78, 5) is 4.09. The SMILES string of the molecule is CCSc1cccc(N2CCCC3CCCCC32)c1CN. The van der Waals surface area contributed by atoms with Crippen molar-refractivity contribution in [2.75, 3.05) is 17.2 Å². The molecule has 0 spiro atoms. The predicted octanol–water partition coefficient (Wildman–Crippen LogP) is 4.42. The first kappa shape index (κ1) is 15.2. The monoisotopic (exact) mass is 304 g/mol. The highest BCUT2D eigenvalue weighted by Gasteiger charge is 2.34. The van der Waals surface area contributed by atoms with Gasteiger partial charge in [-0.3, -0.25) is 0 Å². The number of piperidine rings is 1. The van der Waals surface area contributed by atoms with Gasteiger partial charge in [0.25, 0.3) is 0 Å². The molecule has 0 bridgehead atoms. The number of hydrogen-bond acceptors (Lipinski definition) is 3. The zero-order valence-electron chi connectivity index (χ0n) is 13.2. The largest absolute Gasteiger partial charge is 0.368 e. The third-order valence-corrected chi connectivity index (χ3v) is 6.15. The van der Waals surface area contributed by atoms with Crippen molar-refractivity contribution in [2.45, 2.75) is 62.9 Å². The van der Waals surface area contributed by atoms with Crippen molar-refractivity contribution >= 4 is 17.4 Å². The van der Waals surface area contributed by atoms with E-state index in [1.54, 1.807) is 0 Å². The smallest absolute Gasteiger partial charge is 0.0425 e. The minimum atomic E-state index is 0.659. The molecule has 1 aromatic rings. The first-order chi connectivity index (χ1) is 10.3. The summed E-state index contributed by atoms with van der Waals surface area (Å²) in [6.07, 6.45) is 8.42. The summed E-state index contributed by atoms with van der Waals surface area (Å²) in [5.74, 6) is 2.03. The Kier molecular flexibility index (Phi) is 5.12. The quantitative estimate of drug-likeness (QED) is 0.835. The van der Waals surface area contributed by atoms with E-state index < -0.39 is 0 Å². The molecule has 1 heterocycles. The van der Waals surface area contributed by atoms with Crippen LogP contribution in [0, 0.1) is 5.92 Å². The van der Waals surface area contributed by atoms with Crippen LogP contribution in [0.2, 0.25) is 0 Å². The number of rotatable bonds is 4. The van der Waals surface area contributed by atoms with Gasteiger partial charge in [0.05, 0.1) is 0 Å². The number of benzene rings is 1. The standard InChI is InChI=1S/C18H28N2S/c1-2-21-18-11-5-10-17(15(18)13-19)20-12-6-8-14-7-3-4-9-16(14)20/h5,10-11,14,16H,2-4,6-9,12-13,19H2,1H3. The first-order valence-corrected chi connectivity index (χ1v) is 9.55. The fourth-order valence-corrected chi connectivity index (χ4v) is 5.09. The van der Waals surface area contributed by atoms with E-state index in [1.807, 2.05) is 11.8 Å². The van der Waals surface area contributed by atoms with E-state index in [4.69, 9.17) is 5.73 Å². The second-order valence-electron chi connectivity index (χ2n) is 6.34. The highest BCUT2D eigenvalue weighted by Crippen LogP contribution is 2.40. The lowest BCUT2D eigenvalue weighted by Crippen LogP contribution is -2.47.